The topological polar surface area (TPSA) is 59.0 Å². The van der Waals surface area contributed by atoms with Crippen LogP contribution < -0.4 is 5.73 Å². The number of nitrogens with two attached hydrogens (primary N) is 1. The molecule has 1 atom stereocenters. The standard InChI is InChI=1S/C13H16N2OS/c14-6-5-10-8-12(3-4-13(10)15)17-9-11-2-1-7-16-11/h3-4,8,11H,1-2,5,7,9,15H2. The first-order valence-electron chi connectivity index (χ1n) is 5.79. The fourth-order valence-electron chi connectivity index (χ4n) is 1.88. The highest BCUT2D eigenvalue weighted by Gasteiger charge is 2.15. The molecule has 17 heavy (non-hydrogen) atoms. The Bertz CT molecular complexity index is 422. The molecule has 1 unspecified atom stereocenters. The Balaban J connectivity index is 1.96. The molecule has 4 heteroatoms. The molecule has 1 aliphatic rings. The fraction of sp³-hybridized carbons (Fsp3) is 0.462. The first-order chi connectivity index (χ1) is 8.29. The van der Waals surface area contributed by atoms with Crippen molar-refractivity contribution < 1.29 is 4.74 Å². The van der Waals surface area contributed by atoms with Gasteiger partial charge in [0.05, 0.1) is 18.6 Å². The lowest BCUT2D eigenvalue weighted by Gasteiger charge is -2.10. The van der Waals surface area contributed by atoms with Gasteiger partial charge in [0.15, 0.2) is 0 Å². The van der Waals surface area contributed by atoms with Crippen molar-refractivity contribution in [1.82, 2.24) is 0 Å². The molecule has 1 aliphatic heterocycles. The van der Waals surface area contributed by atoms with Crippen molar-refractivity contribution >= 4 is 17.4 Å². The zero-order chi connectivity index (χ0) is 12.1. The fourth-order valence-corrected chi connectivity index (χ4v) is 2.91. The van der Waals surface area contributed by atoms with Crippen LogP contribution in [0.2, 0.25) is 0 Å². The molecule has 1 aromatic rings. The minimum Gasteiger partial charge on any atom is -0.398 e. The average molecular weight is 248 g/mol. The van der Waals surface area contributed by atoms with Crippen LogP contribution in [-0.4, -0.2) is 18.5 Å². The minimum atomic E-state index is 0.375. The molecule has 0 spiro atoms. The Kier molecular flexibility index (Phi) is 4.29. The average Bonchev–Trinajstić information content (AvgIpc) is 2.83. The zero-order valence-electron chi connectivity index (χ0n) is 9.69. The van der Waals surface area contributed by atoms with Crippen LogP contribution in [-0.2, 0) is 11.2 Å². The van der Waals surface area contributed by atoms with Crippen LogP contribution in [0.1, 0.15) is 18.4 Å². The lowest BCUT2D eigenvalue weighted by atomic mass is 10.1. The molecule has 0 aliphatic carbocycles. The van der Waals surface area contributed by atoms with Gasteiger partial charge in [0.1, 0.15) is 0 Å². The van der Waals surface area contributed by atoms with Crippen LogP contribution >= 0.6 is 11.8 Å². The van der Waals surface area contributed by atoms with Gasteiger partial charge >= 0.3 is 0 Å². The number of benzene rings is 1. The molecule has 2 rings (SSSR count). The largest absolute Gasteiger partial charge is 0.398 e. The molecule has 1 saturated heterocycles. The summed E-state index contributed by atoms with van der Waals surface area (Å²) in [5, 5.41) is 8.71. The van der Waals surface area contributed by atoms with Crippen molar-refractivity contribution in [3.05, 3.63) is 23.8 Å². The SMILES string of the molecule is N#CCc1cc(SCC2CCCO2)ccc1N. The number of nitrogens with zero attached hydrogens (tertiary/aromatic N) is 1. The highest BCUT2D eigenvalue weighted by atomic mass is 32.2. The molecule has 0 bridgehead atoms. The van der Waals surface area contributed by atoms with Gasteiger partial charge in [-0.25, -0.2) is 0 Å². The summed E-state index contributed by atoms with van der Waals surface area (Å²) < 4.78 is 5.58. The van der Waals surface area contributed by atoms with E-state index in [1.807, 2.05) is 18.2 Å². The normalized spacial score (nSPS) is 19.1. The Labute approximate surface area is 106 Å². The molecule has 1 fully saturated rings. The Morgan fingerprint density at radius 3 is 3.12 bits per heavy atom. The van der Waals surface area contributed by atoms with Crippen LogP contribution in [0.5, 0.6) is 0 Å². The van der Waals surface area contributed by atoms with E-state index in [9.17, 15) is 0 Å². The van der Waals surface area contributed by atoms with E-state index in [0.717, 1.165) is 24.3 Å². The molecule has 0 saturated carbocycles. The minimum absolute atomic E-state index is 0.375. The van der Waals surface area contributed by atoms with E-state index in [0.29, 0.717) is 18.2 Å². The molecule has 90 valence electrons. The molecule has 0 aromatic heterocycles. The van der Waals surface area contributed by atoms with Gasteiger partial charge < -0.3 is 10.5 Å². The highest BCUT2D eigenvalue weighted by Crippen LogP contribution is 2.26. The molecule has 3 nitrogen and oxygen atoms in total. The summed E-state index contributed by atoms with van der Waals surface area (Å²) in [6.07, 6.45) is 3.09. The van der Waals surface area contributed by atoms with Gasteiger partial charge in [0.2, 0.25) is 0 Å². The van der Waals surface area contributed by atoms with Gasteiger partial charge in [-0.2, -0.15) is 5.26 Å². The summed E-state index contributed by atoms with van der Waals surface area (Å²) in [5.41, 5.74) is 7.43. The first kappa shape index (κ1) is 12.3. The summed E-state index contributed by atoms with van der Waals surface area (Å²) in [5.74, 6) is 0.982. The van der Waals surface area contributed by atoms with Crippen LogP contribution in [0.4, 0.5) is 5.69 Å². The third kappa shape index (κ3) is 3.39. The number of anilines is 1. The van der Waals surface area contributed by atoms with Crippen LogP contribution in [0, 0.1) is 11.3 Å². The lowest BCUT2D eigenvalue weighted by Crippen LogP contribution is -2.07. The molecule has 1 aromatic carbocycles. The van der Waals surface area contributed by atoms with Crippen LogP contribution in [0.25, 0.3) is 0 Å². The number of nitrogen functional groups attached to an aromatic ring is 1. The lowest BCUT2D eigenvalue weighted by molar-refractivity contribution is 0.129. The molecular formula is C13H16N2OS. The van der Waals surface area contributed by atoms with E-state index in [1.54, 1.807) is 11.8 Å². The van der Waals surface area contributed by atoms with E-state index in [-0.39, 0.29) is 0 Å². The smallest absolute Gasteiger partial charge is 0.0670 e. The number of hydrogen-bond acceptors (Lipinski definition) is 4. The van der Waals surface area contributed by atoms with Crippen molar-refractivity contribution in [3.63, 3.8) is 0 Å². The monoisotopic (exact) mass is 248 g/mol. The van der Waals surface area contributed by atoms with Crippen molar-refractivity contribution in [2.45, 2.75) is 30.3 Å². The number of ether oxygens (including phenoxy) is 1. The van der Waals surface area contributed by atoms with Gasteiger partial charge in [-0.1, -0.05) is 0 Å². The van der Waals surface area contributed by atoms with Gasteiger partial charge in [-0.05, 0) is 36.6 Å². The Morgan fingerprint density at radius 1 is 1.53 bits per heavy atom. The highest BCUT2D eigenvalue weighted by molar-refractivity contribution is 7.99. The van der Waals surface area contributed by atoms with Crippen LogP contribution in [0.3, 0.4) is 0 Å². The summed E-state index contributed by atoms with van der Waals surface area (Å²) in [6.45, 7) is 0.895. The summed E-state index contributed by atoms with van der Waals surface area (Å²) >= 11 is 1.78. The second kappa shape index (κ2) is 5.95. The van der Waals surface area contributed by atoms with E-state index < -0.39 is 0 Å². The maximum atomic E-state index is 8.71. The first-order valence-corrected chi connectivity index (χ1v) is 6.78. The molecule has 2 N–H and O–H groups in total. The van der Waals surface area contributed by atoms with E-state index in [2.05, 4.69) is 6.07 Å². The predicted molar refractivity (Wildman–Crippen MR) is 69.9 cm³/mol. The molecule has 0 amide bonds. The second-order valence-corrected chi connectivity index (χ2v) is 5.23. The maximum Gasteiger partial charge on any atom is 0.0670 e. The van der Waals surface area contributed by atoms with E-state index in [4.69, 9.17) is 15.7 Å². The van der Waals surface area contributed by atoms with Crippen molar-refractivity contribution in [1.29, 1.82) is 5.26 Å². The Hall–Kier alpha value is -1.18. The van der Waals surface area contributed by atoms with Crippen molar-refractivity contribution in [2.75, 3.05) is 18.1 Å². The van der Waals surface area contributed by atoms with Crippen LogP contribution in [0.15, 0.2) is 23.1 Å². The Morgan fingerprint density at radius 2 is 2.41 bits per heavy atom. The quantitative estimate of drug-likeness (QED) is 0.657. The van der Waals surface area contributed by atoms with Gasteiger partial charge in [-0.3, -0.25) is 0 Å². The van der Waals surface area contributed by atoms with Gasteiger partial charge in [0, 0.05) is 22.9 Å². The second-order valence-electron chi connectivity index (χ2n) is 4.14. The number of rotatable bonds is 4. The van der Waals surface area contributed by atoms with E-state index in [1.165, 1.54) is 11.3 Å². The van der Waals surface area contributed by atoms with E-state index >= 15 is 0 Å². The molecule has 1 heterocycles. The molecule has 0 radical (unpaired) electrons. The van der Waals surface area contributed by atoms with Crippen molar-refractivity contribution in [3.8, 4) is 6.07 Å². The summed E-state index contributed by atoms with van der Waals surface area (Å²) in [7, 11) is 0. The maximum absolute atomic E-state index is 8.71. The summed E-state index contributed by atoms with van der Waals surface area (Å²) in [4.78, 5) is 1.17. The van der Waals surface area contributed by atoms with Gasteiger partial charge in [0.25, 0.3) is 0 Å². The number of nitriles is 1. The number of hydrogen-bond donors (Lipinski definition) is 1. The zero-order valence-corrected chi connectivity index (χ0v) is 10.5. The third-order valence-electron chi connectivity index (χ3n) is 2.84. The predicted octanol–water partition coefficient (Wildman–Crippen LogP) is 2.61. The third-order valence-corrected chi connectivity index (χ3v) is 3.97. The van der Waals surface area contributed by atoms with Crippen molar-refractivity contribution in [2.24, 2.45) is 0 Å². The molecular weight excluding hydrogens is 232 g/mol. The summed E-state index contributed by atoms with van der Waals surface area (Å²) in [6, 6.07) is 8.04. The number of thioether (sulfide) groups is 1. The van der Waals surface area contributed by atoms with Gasteiger partial charge in [-0.15, -0.1) is 11.8 Å².